The number of imidazole rings is 1. The number of hydrogen-bond donors (Lipinski definition) is 1. The smallest absolute Gasteiger partial charge is 0.251 e. The van der Waals surface area contributed by atoms with Crippen LogP contribution < -0.4 is 5.32 Å². The van der Waals surface area contributed by atoms with Crippen LogP contribution in [0.3, 0.4) is 0 Å². The van der Waals surface area contributed by atoms with Crippen LogP contribution in [0.2, 0.25) is 0 Å². The van der Waals surface area contributed by atoms with Gasteiger partial charge in [-0.3, -0.25) is 9.20 Å². The van der Waals surface area contributed by atoms with Crippen LogP contribution in [0.5, 0.6) is 0 Å². The third kappa shape index (κ3) is 4.53. The molecule has 1 aliphatic rings. The minimum absolute atomic E-state index is 0.0139. The second-order valence-electron chi connectivity index (χ2n) is 8.56. The van der Waals surface area contributed by atoms with Crippen molar-refractivity contribution in [1.82, 2.24) is 19.6 Å². The van der Waals surface area contributed by atoms with Crippen molar-refractivity contribution in [2.45, 2.75) is 26.2 Å². The van der Waals surface area contributed by atoms with Crippen LogP contribution in [0.1, 0.15) is 42.1 Å². The average molecular weight is 463 g/mol. The summed E-state index contributed by atoms with van der Waals surface area (Å²) in [4.78, 5) is 20.8. The van der Waals surface area contributed by atoms with Crippen molar-refractivity contribution in [1.29, 1.82) is 0 Å². The van der Waals surface area contributed by atoms with Crippen molar-refractivity contribution >= 4 is 32.4 Å². The third-order valence-corrected chi connectivity index (χ3v) is 7.50. The van der Waals surface area contributed by atoms with Gasteiger partial charge >= 0.3 is 0 Å². The summed E-state index contributed by atoms with van der Waals surface area (Å²) >= 11 is 1.62. The summed E-state index contributed by atoms with van der Waals surface area (Å²) in [5.41, 5.74) is 5.19. The lowest BCUT2D eigenvalue weighted by Gasteiger charge is -2.26. The second-order valence-corrected chi connectivity index (χ2v) is 9.57. The Morgan fingerprint density at radius 2 is 2.06 bits per heavy atom. The van der Waals surface area contributed by atoms with E-state index in [-0.39, 0.29) is 5.91 Å². The van der Waals surface area contributed by atoms with Crippen molar-refractivity contribution in [3.63, 3.8) is 0 Å². The number of carbonyl (C=O) groups is 1. The SMILES string of the molecule is CCN(CC)CCCNC(=O)c1ccc2c(c1)sc1nc(-c3cccc(C4COC4)c3)cn12. The minimum atomic E-state index is -0.0139. The lowest BCUT2D eigenvalue weighted by Crippen LogP contribution is -2.29. The minimum Gasteiger partial charge on any atom is -0.380 e. The Bertz CT molecular complexity index is 1270. The number of nitrogens with zero attached hydrogens (tertiary/aromatic N) is 3. The average Bonchev–Trinajstić information content (AvgIpc) is 3.36. The number of carbonyl (C=O) groups excluding carboxylic acids is 1. The maximum Gasteiger partial charge on any atom is 0.251 e. The molecule has 0 aliphatic carbocycles. The van der Waals surface area contributed by atoms with Crippen LogP contribution >= 0.6 is 11.3 Å². The standard InChI is InChI=1S/C26H30N4O2S/c1-3-29(4-2)12-6-11-27-25(31)20-9-10-23-24(14-20)33-26-28-22(15-30(23)26)19-8-5-7-18(13-19)21-16-32-17-21/h5,7-10,13-15,21H,3-4,6,11-12,16-17H2,1-2H3,(H,27,31). The largest absolute Gasteiger partial charge is 0.380 e. The normalized spacial score (nSPS) is 14.3. The monoisotopic (exact) mass is 462 g/mol. The van der Waals surface area contributed by atoms with Gasteiger partial charge in [0.05, 0.1) is 29.1 Å². The maximum atomic E-state index is 12.6. The summed E-state index contributed by atoms with van der Waals surface area (Å²) in [6.07, 6.45) is 3.05. The number of fused-ring (bicyclic) bond motifs is 3. The summed E-state index contributed by atoms with van der Waals surface area (Å²) in [6.45, 7) is 9.73. The van der Waals surface area contributed by atoms with Crippen molar-refractivity contribution in [2.24, 2.45) is 0 Å². The van der Waals surface area contributed by atoms with Gasteiger partial charge in [0.1, 0.15) is 0 Å². The van der Waals surface area contributed by atoms with Gasteiger partial charge in [-0.25, -0.2) is 4.98 Å². The fourth-order valence-corrected chi connectivity index (χ4v) is 5.35. The first-order valence-electron chi connectivity index (χ1n) is 11.8. The van der Waals surface area contributed by atoms with Crippen LogP contribution in [-0.4, -0.2) is 59.6 Å². The number of hydrogen-bond acceptors (Lipinski definition) is 5. The molecule has 1 amide bonds. The van der Waals surface area contributed by atoms with E-state index in [4.69, 9.17) is 9.72 Å². The van der Waals surface area contributed by atoms with Gasteiger partial charge in [0.25, 0.3) is 5.91 Å². The lowest BCUT2D eigenvalue weighted by molar-refractivity contribution is 0.00844. The first-order chi connectivity index (χ1) is 16.2. The van der Waals surface area contributed by atoms with E-state index in [1.807, 2.05) is 18.2 Å². The molecular weight excluding hydrogens is 432 g/mol. The molecule has 1 N–H and O–H groups in total. The Labute approximate surface area is 198 Å². The van der Waals surface area contributed by atoms with Gasteiger partial charge in [0, 0.05) is 29.8 Å². The highest BCUT2D eigenvalue weighted by Crippen LogP contribution is 2.32. The molecule has 0 saturated carbocycles. The quantitative estimate of drug-likeness (QED) is 0.363. The zero-order chi connectivity index (χ0) is 22.8. The predicted molar refractivity (Wildman–Crippen MR) is 134 cm³/mol. The molecule has 33 heavy (non-hydrogen) atoms. The summed E-state index contributed by atoms with van der Waals surface area (Å²) in [6, 6.07) is 14.5. The molecule has 0 unspecified atom stereocenters. The number of benzene rings is 2. The fourth-order valence-electron chi connectivity index (χ4n) is 4.31. The lowest BCUT2D eigenvalue weighted by atomic mass is 9.95. The molecule has 0 atom stereocenters. The molecule has 0 spiro atoms. The van der Waals surface area contributed by atoms with E-state index < -0.39 is 0 Å². The fraction of sp³-hybridized carbons (Fsp3) is 0.385. The van der Waals surface area contributed by atoms with Crippen LogP contribution in [0.4, 0.5) is 0 Å². The van der Waals surface area contributed by atoms with Gasteiger partial charge in [-0.1, -0.05) is 43.4 Å². The molecule has 2 aromatic carbocycles. The molecule has 2 aromatic heterocycles. The first kappa shape index (κ1) is 22.1. The van der Waals surface area contributed by atoms with Crippen LogP contribution in [0.15, 0.2) is 48.7 Å². The van der Waals surface area contributed by atoms with Gasteiger partial charge in [-0.2, -0.15) is 0 Å². The van der Waals surface area contributed by atoms with Crippen LogP contribution in [-0.2, 0) is 4.74 Å². The van der Waals surface area contributed by atoms with Gasteiger partial charge in [-0.15, -0.1) is 0 Å². The Morgan fingerprint density at radius 1 is 1.21 bits per heavy atom. The molecule has 0 bridgehead atoms. The highest BCUT2D eigenvalue weighted by atomic mass is 32.1. The molecule has 172 valence electrons. The van der Waals surface area contributed by atoms with Crippen molar-refractivity contribution < 1.29 is 9.53 Å². The van der Waals surface area contributed by atoms with Crippen LogP contribution in [0, 0.1) is 0 Å². The summed E-state index contributed by atoms with van der Waals surface area (Å²) < 4.78 is 8.54. The zero-order valence-electron chi connectivity index (χ0n) is 19.2. The van der Waals surface area contributed by atoms with Gasteiger partial charge < -0.3 is 15.0 Å². The van der Waals surface area contributed by atoms with E-state index in [1.165, 1.54) is 5.56 Å². The second kappa shape index (κ2) is 9.63. The maximum absolute atomic E-state index is 12.6. The summed E-state index contributed by atoms with van der Waals surface area (Å²) in [7, 11) is 0. The van der Waals surface area contributed by atoms with Gasteiger partial charge in [0.2, 0.25) is 0 Å². The highest BCUT2D eigenvalue weighted by molar-refractivity contribution is 7.23. The number of nitrogens with one attached hydrogen (secondary N) is 1. The highest BCUT2D eigenvalue weighted by Gasteiger charge is 2.21. The number of aromatic nitrogens is 2. The summed E-state index contributed by atoms with van der Waals surface area (Å²) in [5, 5.41) is 3.06. The van der Waals surface area contributed by atoms with E-state index in [0.29, 0.717) is 18.0 Å². The zero-order valence-corrected chi connectivity index (χ0v) is 20.0. The number of ether oxygens (including phenoxy) is 1. The van der Waals surface area contributed by atoms with E-state index in [0.717, 1.165) is 65.7 Å². The molecular formula is C26H30N4O2S. The van der Waals surface area contributed by atoms with Gasteiger partial charge in [-0.05, 0) is 55.9 Å². The van der Waals surface area contributed by atoms with E-state index in [1.54, 1.807) is 11.3 Å². The third-order valence-electron chi connectivity index (χ3n) is 6.48. The van der Waals surface area contributed by atoms with E-state index >= 15 is 0 Å². The Morgan fingerprint density at radius 3 is 2.82 bits per heavy atom. The number of thiazole rings is 1. The van der Waals surface area contributed by atoms with E-state index in [9.17, 15) is 4.79 Å². The van der Waals surface area contributed by atoms with Gasteiger partial charge in [0.15, 0.2) is 4.96 Å². The summed E-state index contributed by atoms with van der Waals surface area (Å²) in [5.74, 6) is 0.483. The molecule has 1 aliphatic heterocycles. The van der Waals surface area contributed by atoms with E-state index in [2.05, 4.69) is 58.9 Å². The molecule has 7 heteroatoms. The van der Waals surface area contributed by atoms with Crippen molar-refractivity contribution in [3.05, 3.63) is 59.8 Å². The molecule has 1 fully saturated rings. The molecule has 4 aromatic rings. The van der Waals surface area contributed by atoms with Crippen molar-refractivity contribution in [2.75, 3.05) is 39.4 Å². The predicted octanol–water partition coefficient (Wildman–Crippen LogP) is 4.79. The topological polar surface area (TPSA) is 58.9 Å². The first-order valence-corrected chi connectivity index (χ1v) is 12.6. The number of amides is 1. The molecule has 0 radical (unpaired) electrons. The molecule has 3 heterocycles. The number of rotatable bonds is 9. The molecule has 1 saturated heterocycles. The Kier molecular flexibility index (Phi) is 6.44. The van der Waals surface area contributed by atoms with Crippen molar-refractivity contribution in [3.8, 4) is 11.3 Å². The van der Waals surface area contributed by atoms with Crippen LogP contribution in [0.25, 0.3) is 26.4 Å². The molecule has 5 rings (SSSR count). The Hall–Kier alpha value is -2.74. The Balaban J connectivity index is 1.30. The molecule has 6 nitrogen and oxygen atoms in total.